The minimum atomic E-state index is 0.747. The van der Waals surface area contributed by atoms with Crippen molar-refractivity contribution < 1.29 is 0 Å². The summed E-state index contributed by atoms with van der Waals surface area (Å²) < 4.78 is 0. The first kappa shape index (κ1) is 16.2. The molecule has 1 rings (SSSR count). The van der Waals surface area contributed by atoms with E-state index in [4.69, 9.17) is 0 Å². The summed E-state index contributed by atoms with van der Waals surface area (Å²) in [6.07, 6.45) is 4.79. The summed E-state index contributed by atoms with van der Waals surface area (Å²) in [6.45, 7) is 7.79. The van der Waals surface area contributed by atoms with Crippen LogP contribution < -0.4 is 10.6 Å². The van der Waals surface area contributed by atoms with Gasteiger partial charge in [0, 0.05) is 0 Å². The molecule has 0 heterocycles. The fourth-order valence-electron chi connectivity index (χ4n) is 2.35. The van der Waals surface area contributed by atoms with Crippen LogP contribution in [0.25, 0.3) is 0 Å². The summed E-state index contributed by atoms with van der Waals surface area (Å²) in [5, 5.41) is 6.82. The van der Waals surface area contributed by atoms with Crippen LogP contribution >= 0.6 is 0 Å². The molecule has 0 aliphatic carbocycles. The summed E-state index contributed by atoms with van der Waals surface area (Å²) >= 11 is 0. The monoisotopic (exact) mass is 262 g/mol. The fourth-order valence-corrected chi connectivity index (χ4v) is 2.35. The number of nitrogens with one attached hydrogen (secondary N) is 2. The Labute approximate surface area is 119 Å². The summed E-state index contributed by atoms with van der Waals surface area (Å²) in [7, 11) is 2.03. The molecule has 0 aliphatic rings. The van der Waals surface area contributed by atoms with E-state index >= 15 is 0 Å². The van der Waals surface area contributed by atoms with Crippen LogP contribution in [-0.4, -0.2) is 26.7 Å². The molecular formula is C17H30N2. The molecule has 19 heavy (non-hydrogen) atoms. The molecule has 0 bridgehead atoms. The molecule has 0 radical (unpaired) electrons. The van der Waals surface area contributed by atoms with Gasteiger partial charge in [-0.05, 0) is 56.6 Å². The van der Waals surface area contributed by atoms with Crippen molar-refractivity contribution >= 4 is 0 Å². The molecule has 2 N–H and O–H groups in total. The van der Waals surface area contributed by atoms with Gasteiger partial charge in [0.2, 0.25) is 0 Å². The molecule has 1 atom stereocenters. The van der Waals surface area contributed by atoms with Gasteiger partial charge in [0.15, 0.2) is 0 Å². The maximum absolute atomic E-state index is 3.57. The Hall–Kier alpha value is -0.860. The van der Waals surface area contributed by atoms with Gasteiger partial charge in [0.05, 0.1) is 0 Å². The molecule has 108 valence electrons. The van der Waals surface area contributed by atoms with E-state index in [9.17, 15) is 0 Å². The largest absolute Gasteiger partial charge is 0.319 e. The van der Waals surface area contributed by atoms with Crippen LogP contribution in [0, 0.1) is 5.92 Å². The zero-order chi connectivity index (χ0) is 13.9. The van der Waals surface area contributed by atoms with Crippen LogP contribution in [0.5, 0.6) is 0 Å². The first-order chi connectivity index (χ1) is 9.30. The van der Waals surface area contributed by atoms with Gasteiger partial charge in [-0.1, -0.05) is 51.0 Å². The van der Waals surface area contributed by atoms with Crippen LogP contribution in [0.2, 0.25) is 0 Å². The second kappa shape index (κ2) is 9.99. The first-order valence-electron chi connectivity index (χ1n) is 7.73. The Balaban J connectivity index is 2.21. The Morgan fingerprint density at radius 1 is 0.947 bits per heavy atom. The molecule has 0 aliphatic heterocycles. The second-order valence-corrected chi connectivity index (χ2v) is 5.35. The lowest BCUT2D eigenvalue weighted by Crippen LogP contribution is -2.30. The highest BCUT2D eigenvalue weighted by Gasteiger charge is 2.03. The van der Waals surface area contributed by atoms with Crippen LogP contribution in [0.15, 0.2) is 24.3 Å². The number of hydrogen-bond donors (Lipinski definition) is 2. The maximum Gasteiger partial charge on any atom is -0.000823 e. The molecule has 1 unspecified atom stereocenters. The van der Waals surface area contributed by atoms with Crippen molar-refractivity contribution in [3.8, 4) is 0 Å². The smallest absolute Gasteiger partial charge is 0.000823 e. The van der Waals surface area contributed by atoms with Crippen molar-refractivity contribution in [1.82, 2.24) is 10.6 Å². The fraction of sp³-hybridized carbons (Fsp3) is 0.647. The Morgan fingerprint density at radius 3 is 2.11 bits per heavy atom. The molecule has 0 amide bonds. The van der Waals surface area contributed by atoms with Crippen molar-refractivity contribution in [1.29, 1.82) is 0 Å². The highest BCUT2D eigenvalue weighted by Crippen LogP contribution is 2.07. The quantitative estimate of drug-likeness (QED) is 0.633. The van der Waals surface area contributed by atoms with E-state index in [0.717, 1.165) is 32.0 Å². The predicted octanol–water partition coefficient (Wildman–Crippen LogP) is 3.02. The van der Waals surface area contributed by atoms with E-state index in [1.807, 2.05) is 7.05 Å². The van der Waals surface area contributed by atoms with Crippen LogP contribution in [0.1, 0.15) is 37.8 Å². The lowest BCUT2D eigenvalue weighted by atomic mass is 10.1. The minimum Gasteiger partial charge on any atom is -0.319 e. The lowest BCUT2D eigenvalue weighted by molar-refractivity contribution is 0.447. The normalized spacial score (nSPS) is 12.6. The summed E-state index contributed by atoms with van der Waals surface area (Å²) in [5.41, 5.74) is 2.90. The molecule has 1 aromatic rings. The zero-order valence-corrected chi connectivity index (χ0v) is 12.8. The van der Waals surface area contributed by atoms with E-state index in [1.165, 1.54) is 30.4 Å². The van der Waals surface area contributed by atoms with Crippen molar-refractivity contribution in [3.05, 3.63) is 35.4 Å². The third-order valence-corrected chi connectivity index (χ3v) is 3.66. The number of rotatable bonds is 10. The van der Waals surface area contributed by atoms with Crippen LogP contribution in [0.3, 0.4) is 0 Å². The van der Waals surface area contributed by atoms with Crippen LogP contribution in [-0.2, 0) is 12.8 Å². The molecule has 0 fully saturated rings. The summed E-state index contributed by atoms with van der Waals surface area (Å²) in [6, 6.07) is 9.10. The lowest BCUT2D eigenvalue weighted by Gasteiger charge is -2.15. The van der Waals surface area contributed by atoms with Gasteiger partial charge in [-0.3, -0.25) is 0 Å². The van der Waals surface area contributed by atoms with Gasteiger partial charge in [0.25, 0.3) is 0 Å². The Morgan fingerprint density at radius 2 is 1.58 bits per heavy atom. The molecule has 1 aromatic carbocycles. The number of benzene rings is 1. The van der Waals surface area contributed by atoms with Gasteiger partial charge in [-0.25, -0.2) is 0 Å². The van der Waals surface area contributed by atoms with E-state index in [1.54, 1.807) is 0 Å². The third-order valence-electron chi connectivity index (χ3n) is 3.66. The molecular weight excluding hydrogens is 232 g/mol. The van der Waals surface area contributed by atoms with Crippen molar-refractivity contribution in [2.24, 2.45) is 5.92 Å². The van der Waals surface area contributed by atoms with E-state index in [0.29, 0.717) is 0 Å². The molecule has 2 nitrogen and oxygen atoms in total. The molecule has 0 saturated carbocycles. The van der Waals surface area contributed by atoms with Crippen molar-refractivity contribution in [2.75, 3.05) is 26.7 Å². The highest BCUT2D eigenvalue weighted by molar-refractivity contribution is 5.22. The number of hydrogen-bond acceptors (Lipinski definition) is 2. The van der Waals surface area contributed by atoms with E-state index in [-0.39, 0.29) is 0 Å². The predicted molar refractivity (Wildman–Crippen MR) is 84.7 cm³/mol. The van der Waals surface area contributed by atoms with E-state index < -0.39 is 0 Å². The SMILES string of the molecule is CCCc1ccc(CCNCC(CC)CNC)cc1. The number of aryl methyl sites for hydroxylation is 1. The Bertz CT molecular complexity index is 319. The minimum absolute atomic E-state index is 0.747. The average Bonchev–Trinajstić information content (AvgIpc) is 2.44. The van der Waals surface area contributed by atoms with Crippen molar-refractivity contribution in [3.63, 3.8) is 0 Å². The van der Waals surface area contributed by atoms with Gasteiger partial charge < -0.3 is 10.6 Å². The summed E-state index contributed by atoms with van der Waals surface area (Å²) in [5.74, 6) is 0.747. The second-order valence-electron chi connectivity index (χ2n) is 5.35. The zero-order valence-electron chi connectivity index (χ0n) is 12.8. The Kier molecular flexibility index (Phi) is 8.52. The van der Waals surface area contributed by atoms with Gasteiger partial charge in [-0.2, -0.15) is 0 Å². The molecule has 2 heteroatoms. The topological polar surface area (TPSA) is 24.1 Å². The van der Waals surface area contributed by atoms with Crippen molar-refractivity contribution in [2.45, 2.75) is 39.5 Å². The summed E-state index contributed by atoms with van der Waals surface area (Å²) in [4.78, 5) is 0. The molecule has 0 saturated heterocycles. The van der Waals surface area contributed by atoms with Gasteiger partial charge in [-0.15, -0.1) is 0 Å². The first-order valence-corrected chi connectivity index (χ1v) is 7.73. The third kappa shape index (κ3) is 6.74. The highest BCUT2D eigenvalue weighted by atomic mass is 14.9. The van der Waals surface area contributed by atoms with E-state index in [2.05, 4.69) is 48.7 Å². The maximum atomic E-state index is 3.57. The van der Waals surface area contributed by atoms with Crippen LogP contribution in [0.4, 0.5) is 0 Å². The molecule has 0 spiro atoms. The standard InChI is InChI=1S/C17H30N2/c1-4-6-16-7-9-17(10-8-16)11-12-19-14-15(5-2)13-18-3/h7-10,15,18-19H,4-6,11-14H2,1-3H3. The molecule has 0 aromatic heterocycles. The average molecular weight is 262 g/mol. The van der Waals surface area contributed by atoms with Gasteiger partial charge in [0.1, 0.15) is 0 Å². The van der Waals surface area contributed by atoms with Gasteiger partial charge >= 0.3 is 0 Å².